The summed E-state index contributed by atoms with van der Waals surface area (Å²) in [5.41, 5.74) is 1.35. The second kappa shape index (κ2) is 8.04. The minimum absolute atomic E-state index is 0.0220. The first-order valence-electron chi connectivity index (χ1n) is 9.10. The monoisotopic (exact) mass is 417 g/mol. The van der Waals surface area contributed by atoms with Gasteiger partial charge < -0.3 is 18.9 Å². The van der Waals surface area contributed by atoms with E-state index >= 15 is 0 Å². The number of hydrogen-bond donors (Lipinski definition) is 1. The molecule has 0 unspecified atom stereocenters. The number of nitrogens with zero attached hydrogens (tertiary/aromatic N) is 2. The lowest BCUT2D eigenvalue weighted by Crippen LogP contribution is -2.30. The van der Waals surface area contributed by atoms with Crippen LogP contribution >= 0.6 is 0 Å². The van der Waals surface area contributed by atoms with Gasteiger partial charge in [-0.15, -0.1) is 0 Å². The fraction of sp³-hybridized carbons (Fsp3) is 0.0909. The van der Waals surface area contributed by atoms with Crippen molar-refractivity contribution in [2.75, 3.05) is 7.11 Å². The zero-order valence-corrected chi connectivity index (χ0v) is 16.2. The SMILES string of the molecule is COC(=O)c1ccc(CN2C(=O)NC(=Cc3ccc(-c4ccc(C#N)cc4)o3)C2=O)o1. The van der Waals surface area contributed by atoms with E-state index in [9.17, 15) is 14.4 Å². The molecule has 1 N–H and O–H groups in total. The Balaban J connectivity index is 1.49. The summed E-state index contributed by atoms with van der Waals surface area (Å²) in [4.78, 5) is 37.3. The second-order valence-electron chi connectivity index (χ2n) is 6.53. The van der Waals surface area contributed by atoms with Crippen molar-refractivity contribution in [1.29, 1.82) is 5.26 Å². The first-order valence-corrected chi connectivity index (χ1v) is 9.10. The highest BCUT2D eigenvalue weighted by atomic mass is 16.5. The molecule has 0 atom stereocenters. The van der Waals surface area contributed by atoms with Gasteiger partial charge in [0.05, 0.1) is 25.3 Å². The maximum atomic E-state index is 12.6. The Labute approximate surface area is 176 Å². The number of furan rings is 2. The molecule has 3 heterocycles. The van der Waals surface area contributed by atoms with Crippen LogP contribution in [-0.4, -0.2) is 29.9 Å². The molecule has 9 nitrogen and oxygen atoms in total. The Morgan fingerprint density at radius 1 is 1.13 bits per heavy atom. The number of benzene rings is 1. The van der Waals surface area contributed by atoms with E-state index in [1.165, 1.54) is 25.3 Å². The molecule has 1 aromatic carbocycles. The lowest BCUT2D eigenvalue weighted by atomic mass is 10.1. The molecule has 1 fully saturated rings. The normalized spacial score (nSPS) is 14.6. The quantitative estimate of drug-likeness (QED) is 0.383. The molecule has 31 heavy (non-hydrogen) atoms. The number of esters is 1. The smallest absolute Gasteiger partial charge is 0.373 e. The Morgan fingerprint density at radius 2 is 1.90 bits per heavy atom. The number of urea groups is 1. The predicted molar refractivity (Wildman–Crippen MR) is 106 cm³/mol. The van der Waals surface area contributed by atoms with Crippen molar-refractivity contribution >= 4 is 24.0 Å². The molecule has 1 saturated heterocycles. The van der Waals surface area contributed by atoms with E-state index in [0.717, 1.165) is 10.5 Å². The van der Waals surface area contributed by atoms with E-state index in [0.29, 0.717) is 17.1 Å². The maximum absolute atomic E-state index is 12.6. The van der Waals surface area contributed by atoms with Crippen LogP contribution in [0.1, 0.15) is 27.6 Å². The largest absolute Gasteiger partial charge is 0.463 e. The lowest BCUT2D eigenvalue weighted by Gasteiger charge is -2.09. The molecule has 1 aliphatic rings. The molecule has 0 spiro atoms. The summed E-state index contributed by atoms with van der Waals surface area (Å²) >= 11 is 0. The average Bonchev–Trinajstić information content (AvgIpc) is 3.51. The van der Waals surface area contributed by atoms with Gasteiger partial charge in [-0.2, -0.15) is 5.26 Å². The third-order valence-corrected chi connectivity index (χ3v) is 4.54. The van der Waals surface area contributed by atoms with Crippen LogP contribution in [0, 0.1) is 11.3 Å². The van der Waals surface area contributed by atoms with Gasteiger partial charge in [-0.1, -0.05) is 0 Å². The number of carbonyl (C=O) groups is 3. The van der Waals surface area contributed by atoms with Crippen molar-refractivity contribution in [3.63, 3.8) is 0 Å². The van der Waals surface area contributed by atoms with Gasteiger partial charge in [0.1, 0.15) is 23.0 Å². The van der Waals surface area contributed by atoms with Crippen LogP contribution in [0.2, 0.25) is 0 Å². The molecular formula is C22H15N3O6. The predicted octanol–water partition coefficient (Wildman–Crippen LogP) is 3.29. The van der Waals surface area contributed by atoms with Gasteiger partial charge >= 0.3 is 12.0 Å². The van der Waals surface area contributed by atoms with Gasteiger partial charge in [-0.25, -0.2) is 9.59 Å². The van der Waals surface area contributed by atoms with Gasteiger partial charge in [-0.3, -0.25) is 9.69 Å². The number of rotatable bonds is 5. The van der Waals surface area contributed by atoms with E-state index in [2.05, 4.69) is 10.1 Å². The van der Waals surface area contributed by atoms with Crippen LogP contribution in [0.15, 0.2) is 63.1 Å². The van der Waals surface area contributed by atoms with E-state index < -0.39 is 17.9 Å². The maximum Gasteiger partial charge on any atom is 0.373 e. The van der Waals surface area contributed by atoms with Crippen molar-refractivity contribution in [3.8, 4) is 17.4 Å². The Morgan fingerprint density at radius 3 is 2.61 bits per heavy atom. The van der Waals surface area contributed by atoms with Gasteiger partial charge in [0.2, 0.25) is 5.76 Å². The minimum atomic E-state index is -0.653. The molecule has 4 rings (SSSR count). The molecule has 0 bridgehead atoms. The zero-order valence-electron chi connectivity index (χ0n) is 16.2. The van der Waals surface area contributed by atoms with Crippen molar-refractivity contribution in [2.24, 2.45) is 0 Å². The third-order valence-electron chi connectivity index (χ3n) is 4.54. The Kier molecular flexibility index (Phi) is 5.12. The van der Waals surface area contributed by atoms with Crippen LogP contribution in [0.4, 0.5) is 4.79 Å². The highest BCUT2D eigenvalue weighted by Crippen LogP contribution is 2.25. The Hall–Kier alpha value is -4.58. The van der Waals surface area contributed by atoms with E-state index in [-0.39, 0.29) is 23.8 Å². The first kappa shape index (κ1) is 19.7. The van der Waals surface area contributed by atoms with Crippen molar-refractivity contribution in [3.05, 3.63) is 77.1 Å². The van der Waals surface area contributed by atoms with Crippen LogP contribution in [-0.2, 0) is 16.1 Å². The van der Waals surface area contributed by atoms with Crippen LogP contribution in [0.3, 0.4) is 0 Å². The number of carbonyl (C=O) groups excluding carboxylic acids is 3. The summed E-state index contributed by atoms with van der Waals surface area (Å²) in [6.45, 7) is -0.145. The average molecular weight is 417 g/mol. The number of amides is 3. The molecule has 1 aliphatic heterocycles. The summed E-state index contributed by atoms with van der Waals surface area (Å²) in [6.07, 6.45) is 1.43. The zero-order chi connectivity index (χ0) is 22.0. The summed E-state index contributed by atoms with van der Waals surface area (Å²) in [5, 5.41) is 11.4. The fourth-order valence-corrected chi connectivity index (χ4v) is 2.98. The third kappa shape index (κ3) is 3.95. The topological polar surface area (TPSA) is 126 Å². The summed E-state index contributed by atoms with van der Waals surface area (Å²) in [7, 11) is 1.22. The van der Waals surface area contributed by atoms with Gasteiger partial charge in [0, 0.05) is 11.6 Å². The standard InChI is InChI=1S/C22H15N3O6/c1-29-21(27)19-9-7-16(31-19)12-25-20(26)17(24-22(25)28)10-15-6-8-18(30-15)14-4-2-13(11-23)3-5-14/h2-10H,12H2,1H3,(H,24,28). The molecular weight excluding hydrogens is 402 g/mol. The van der Waals surface area contributed by atoms with Crippen LogP contribution in [0.25, 0.3) is 17.4 Å². The second-order valence-corrected chi connectivity index (χ2v) is 6.53. The number of nitrogens with one attached hydrogen (secondary N) is 1. The molecule has 3 amide bonds. The van der Waals surface area contributed by atoms with Crippen molar-refractivity contribution < 1.29 is 28.0 Å². The number of ether oxygens (including phenoxy) is 1. The molecule has 9 heteroatoms. The summed E-state index contributed by atoms with van der Waals surface area (Å²) in [6, 6.07) is 14.6. The number of methoxy groups -OCH3 is 1. The number of imide groups is 1. The van der Waals surface area contributed by atoms with Crippen LogP contribution < -0.4 is 5.32 Å². The number of nitriles is 1. The Bertz CT molecular complexity index is 1240. The molecule has 2 aromatic heterocycles. The van der Waals surface area contributed by atoms with Crippen molar-refractivity contribution in [1.82, 2.24) is 10.2 Å². The van der Waals surface area contributed by atoms with E-state index in [4.69, 9.17) is 14.1 Å². The van der Waals surface area contributed by atoms with Crippen molar-refractivity contribution in [2.45, 2.75) is 6.54 Å². The van der Waals surface area contributed by atoms with E-state index in [1.54, 1.807) is 36.4 Å². The minimum Gasteiger partial charge on any atom is -0.463 e. The molecule has 0 radical (unpaired) electrons. The van der Waals surface area contributed by atoms with Gasteiger partial charge in [-0.05, 0) is 48.5 Å². The number of hydrogen-bond acceptors (Lipinski definition) is 7. The highest BCUT2D eigenvalue weighted by molar-refractivity contribution is 6.13. The van der Waals surface area contributed by atoms with Gasteiger partial charge in [0.15, 0.2) is 0 Å². The molecule has 0 aliphatic carbocycles. The molecule has 0 saturated carbocycles. The first-order chi connectivity index (χ1) is 15.0. The molecule has 154 valence electrons. The highest BCUT2D eigenvalue weighted by Gasteiger charge is 2.34. The van der Waals surface area contributed by atoms with E-state index in [1.807, 2.05) is 6.07 Å². The summed E-state index contributed by atoms with van der Waals surface area (Å²) in [5.74, 6) is -0.0542. The fourth-order valence-electron chi connectivity index (χ4n) is 2.98. The summed E-state index contributed by atoms with van der Waals surface area (Å²) < 4.78 is 15.6. The molecule has 3 aromatic rings. The lowest BCUT2D eigenvalue weighted by molar-refractivity contribution is -0.123. The van der Waals surface area contributed by atoms with Gasteiger partial charge in [0.25, 0.3) is 5.91 Å². The van der Waals surface area contributed by atoms with Crippen LogP contribution in [0.5, 0.6) is 0 Å².